The van der Waals surface area contributed by atoms with Crippen LogP contribution in [0, 0.1) is 0 Å². The number of nitrogens with zero attached hydrogens (tertiary/aromatic N) is 2. The molecule has 3 fully saturated rings. The van der Waals surface area contributed by atoms with E-state index in [1.165, 1.54) is 5.56 Å². The summed E-state index contributed by atoms with van der Waals surface area (Å²) in [6.45, 7) is 2.32. The van der Waals surface area contributed by atoms with Gasteiger partial charge in [-0.05, 0) is 86.4 Å². The van der Waals surface area contributed by atoms with Gasteiger partial charge in [0.05, 0.1) is 6.04 Å². The molecule has 3 heterocycles. The van der Waals surface area contributed by atoms with Crippen molar-refractivity contribution < 1.29 is 14.3 Å². The minimum atomic E-state index is -0.0631. The first kappa shape index (κ1) is 23.0. The van der Waals surface area contributed by atoms with E-state index in [-0.39, 0.29) is 24.1 Å². The SMILES string of the molecule is O=C(Nc1ccc(OC2CCC(=O)N3CCCCC23)cc1)N1CCC(c2ccc(Cl)cc2)CC1. The zero-order valence-corrected chi connectivity index (χ0v) is 20.2. The number of hydrogen-bond acceptors (Lipinski definition) is 3. The summed E-state index contributed by atoms with van der Waals surface area (Å²) in [7, 11) is 0. The normalized spacial score (nSPS) is 23.4. The molecule has 34 heavy (non-hydrogen) atoms. The zero-order valence-electron chi connectivity index (χ0n) is 19.4. The molecule has 6 nitrogen and oxygen atoms in total. The van der Waals surface area contributed by atoms with E-state index >= 15 is 0 Å². The number of halogens is 1. The molecule has 3 aliphatic heterocycles. The molecule has 3 amide bonds. The highest BCUT2D eigenvalue weighted by Crippen LogP contribution is 2.31. The Balaban J connectivity index is 1.12. The lowest BCUT2D eigenvalue weighted by Crippen LogP contribution is -2.55. The van der Waals surface area contributed by atoms with E-state index in [9.17, 15) is 9.59 Å². The van der Waals surface area contributed by atoms with Crippen molar-refractivity contribution in [3.63, 3.8) is 0 Å². The largest absolute Gasteiger partial charge is 0.488 e. The predicted molar refractivity (Wildman–Crippen MR) is 133 cm³/mol. The number of ether oxygens (including phenoxy) is 1. The molecule has 0 saturated carbocycles. The molecular formula is C27H32ClN3O3. The number of rotatable bonds is 4. The monoisotopic (exact) mass is 481 g/mol. The quantitative estimate of drug-likeness (QED) is 0.611. The minimum Gasteiger partial charge on any atom is -0.488 e. The van der Waals surface area contributed by atoms with Crippen LogP contribution in [-0.2, 0) is 4.79 Å². The number of likely N-dealkylation sites (tertiary alicyclic amines) is 1. The smallest absolute Gasteiger partial charge is 0.321 e. The zero-order chi connectivity index (χ0) is 23.5. The number of carbonyl (C=O) groups is 2. The molecule has 0 radical (unpaired) electrons. The van der Waals surface area contributed by atoms with E-state index in [0.29, 0.717) is 12.3 Å². The first-order valence-corrected chi connectivity index (χ1v) is 12.8. The summed E-state index contributed by atoms with van der Waals surface area (Å²) in [4.78, 5) is 28.9. The lowest BCUT2D eigenvalue weighted by Gasteiger charge is -2.43. The summed E-state index contributed by atoms with van der Waals surface area (Å²) in [5, 5.41) is 3.77. The number of piperidine rings is 3. The maximum atomic E-state index is 12.8. The van der Waals surface area contributed by atoms with Crippen LogP contribution >= 0.6 is 11.6 Å². The highest BCUT2D eigenvalue weighted by Gasteiger charge is 2.38. The number of carbonyl (C=O) groups excluding carboxylic acids is 2. The second kappa shape index (κ2) is 10.3. The molecule has 3 saturated heterocycles. The topological polar surface area (TPSA) is 61.9 Å². The summed E-state index contributed by atoms with van der Waals surface area (Å²) in [6.07, 6.45) is 6.51. The maximum Gasteiger partial charge on any atom is 0.321 e. The molecule has 0 bridgehead atoms. The summed E-state index contributed by atoms with van der Waals surface area (Å²) < 4.78 is 6.29. The molecule has 2 unspecified atom stereocenters. The lowest BCUT2D eigenvalue weighted by atomic mass is 9.89. The number of amides is 3. The van der Waals surface area contributed by atoms with Gasteiger partial charge in [-0.2, -0.15) is 0 Å². The van der Waals surface area contributed by atoms with E-state index in [1.54, 1.807) is 0 Å². The molecule has 7 heteroatoms. The average molecular weight is 482 g/mol. The van der Waals surface area contributed by atoms with Gasteiger partial charge in [0.2, 0.25) is 5.91 Å². The molecule has 3 aliphatic rings. The summed E-state index contributed by atoms with van der Waals surface area (Å²) in [5.41, 5.74) is 2.05. The van der Waals surface area contributed by atoms with Crippen LogP contribution in [0.5, 0.6) is 5.75 Å². The number of hydrogen-bond donors (Lipinski definition) is 1. The number of nitrogens with one attached hydrogen (secondary N) is 1. The van der Waals surface area contributed by atoms with Crippen molar-refractivity contribution in [3.8, 4) is 5.75 Å². The van der Waals surface area contributed by atoms with Crippen molar-refractivity contribution in [2.45, 2.75) is 63.0 Å². The maximum absolute atomic E-state index is 12.8. The lowest BCUT2D eigenvalue weighted by molar-refractivity contribution is -0.142. The summed E-state index contributed by atoms with van der Waals surface area (Å²) >= 11 is 6.00. The van der Waals surface area contributed by atoms with Crippen LogP contribution in [0.1, 0.15) is 56.4 Å². The van der Waals surface area contributed by atoms with Crippen molar-refractivity contribution in [1.82, 2.24) is 9.80 Å². The van der Waals surface area contributed by atoms with Crippen molar-refractivity contribution in [2.75, 3.05) is 25.0 Å². The van der Waals surface area contributed by atoms with E-state index in [1.807, 2.05) is 46.2 Å². The van der Waals surface area contributed by atoms with Gasteiger partial charge in [0.15, 0.2) is 0 Å². The third-order valence-corrected chi connectivity index (χ3v) is 7.71. The summed E-state index contributed by atoms with van der Waals surface area (Å²) in [6, 6.07) is 15.8. The Morgan fingerprint density at radius 1 is 0.912 bits per heavy atom. The van der Waals surface area contributed by atoms with E-state index in [2.05, 4.69) is 17.4 Å². The highest BCUT2D eigenvalue weighted by molar-refractivity contribution is 6.30. The second-order valence-electron chi connectivity index (χ2n) is 9.61. The van der Waals surface area contributed by atoms with Gasteiger partial charge < -0.3 is 19.9 Å². The van der Waals surface area contributed by atoms with Gasteiger partial charge in [0.25, 0.3) is 0 Å². The van der Waals surface area contributed by atoms with E-state index in [0.717, 1.165) is 74.6 Å². The number of benzene rings is 2. The van der Waals surface area contributed by atoms with Crippen molar-refractivity contribution in [3.05, 3.63) is 59.1 Å². The van der Waals surface area contributed by atoms with Gasteiger partial charge in [-0.15, -0.1) is 0 Å². The third kappa shape index (κ3) is 5.17. The van der Waals surface area contributed by atoms with Gasteiger partial charge >= 0.3 is 6.03 Å². The Bertz CT molecular complexity index is 1000. The Morgan fingerprint density at radius 3 is 2.38 bits per heavy atom. The van der Waals surface area contributed by atoms with Gasteiger partial charge in [0, 0.05) is 36.8 Å². The van der Waals surface area contributed by atoms with Crippen LogP contribution in [-0.4, -0.2) is 53.5 Å². The second-order valence-corrected chi connectivity index (χ2v) is 10.0. The molecule has 2 aromatic carbocycles. The van der Waals surface area contributed by atoms with Crippen molar-refractivity contribution in [2.24, 2.45) is 0 Å². The molecule has 180 valence electrons. The van der Waals surface area contributed by atoms with Crippen LogP contribution in [0.25, 0.3) is 0 Å². The molecule has 0 aliphatic carbocycles. The van der Waals surface area contributed by atoms with E-state index in [4.69, 9.17) is 16.3 Å². The van der Waals surface area contributed by atoms with Gasteiger partial charge in [0.1, 0.15) is 11.9 Å². The van der Waals surface area contributed by atoms with Gasteiger partial charge in [-0.25, -0.2) is 4.79 Å². The minimum absolute atomic E-state index is 0.0420. The molecule has 0 spiro atoms. The Labute approximate surface area is 206 Å². The Hall–Kier alpha value is -2.73. The standard InChI is InChI=1S/C27H32ClN3O3/c28-21-6-4-19(5-7-21)20-14-17-30(18-15-20)27(33)29-22-8-10-23(11-9-22)34-25-12-13-26(32)31-16-2-1-3-24(25)31/h4-11,20,24-25H,1-3,12-18H2,(H,29,33). The van der Waals surface area contributed by atoms with Gasteiger partial charge in [-0.3, -0.25) is 4.79 Å². The van der Waals surface area contributed by atoms with E-state index < -0.39 is 0 Å². The van der Waals surface area contributed by atoms with Crippen LogP contribution in [0.4, 0.5) is 10.5 Å². The molecule has 2 aromatic rings. The van der Waals surface area contributed by atoms with Gasteiger partial charge in [-0.1, -0.05) is 23.7 Å². The number of anilines is 1. The molecule has 1 N–H and O–H groups in total. The predicted octanol–water partition coefficient (Wildman–Crippen LogP) is 5.67. The van der Waals surface area contributed by atoms with Crippen molar-refractivity contribution >= 4 is 29.2 Å². The number of fused-ring (bicyclic) bond motifs is 1. The van der Waals surface area contributed by atoms with Crippen LogP contribution < -0.4 is 10.1 Å². The molecule has 2 atom stereocenters. The third-order valence-electron chi connectivity index (χ3n) is 7.46. The summed E-state index contributed by atoms with van der Waals surface area (Å²) in [5.74, 6) is 1.51. The first-order chi connectivity index (χ1) is 16.6. The Kier molecular flexibility index (Phi) is 6.95. The highest BCUT2D eigenvalue weighted by atomic mass is 35.5. The fraction of sp³-hybridized carbons (Fsp3) is 0.481. The van der Waals surface area contributed by atoms with Crippen LogP contribution in [0.2, 0.25) is 5.02 Å². The van der Waals surface area contributed by atoms with Crippen LogP contribution in [0.15, 0.2) is 48.5 Å². The molecule has 5 rings (SSSR count). The molecular weight excluding hydrogens is 450 g/mol. The first-order valence-electron chi connectivity index (χ1n) is 12.4. The fourth-order valence-corrected chi connectivity index (χ4v) is 5.66. The number of urea groups is 1. The Morgan fingerprint density at radius 2 is 1.65 bits per heavy atom. The van der Waals surface area contributed by atoms with Crippen molar-refractivity contribution in [1.29, 1.82) is 0 Å². The fourth-order valence-electron chi connectivity index (χ4n) is 5.54. The molecule has 0 aromatic heterocycles. The van der Waals surface area contributed by atoms with Crippen LogP contribution in [0.3, 0.4) is 0 Å². The average Bonchev–Trinajstić information content (AvgIpc) is 2.87.